The first-order valence-corrected chi connectivity index (χ1v) is 12.5. The summed E-state index contributed by atoms with van der Waals surface area (Å²) in [6, 6.07) is 6.89. The Morgan fingerprint density at radius 2 is 1.06 bits per heavy atom. The third-order valence-corrected chi connectivity index (χ3v) is 7.80. The van der Waals surface area contributed by atoms with Gasteiger partial charge in [0.25, 0.3) is 0 Å². The molecule has 31 heavy (non-hydrogen) atoms. The molecule has 2 aromatic rings. The average Bonchev–Trinajstić information content (AvgIpc) is 3.41. The van der Waals surface area contributed by atoms with Crippen molar-refractivity contribution in [3.63, 3.8) is 0 Å². The number of nitrogens with one attached hydrogen (secondary N) is 2. The summed E-state index contributed by atoms with van der Waals surface area (Å²) in [4.78, 5) is 0.596. The predicted octanol–water partition coefficient (Wildman–Crippen LogP) is 3.23. The molecule has 0 bridgehead atoms. The third kappa shape index (κ3) is 4.59. The Morgan fingerprint density at radius 3 is 1.35 bits per heavy atom. The average molecular weight is 445 g/mol. The lowest BCUT2D eigenvalue weighted by atomic mass is 10.1. The van der Waals surface area contributed by atoms with Crippen molar-refractivity contribution in [2.45, 2.75) is 62.5 Å². The predicted molar refractivity (Wildman–Crippen MR) is 121 cm³/mol. The second-order valence-corrected chi connectivity index (χ2v) is 10.7. The Hall–Kier alpha value is -2.09. The molecule has 0 radical (unpaired) electrons. The van der Waals surface area contributed by atoms with E-state index in [1.165, 1.54) is 0 Å². The molecule has 0 aromatic heterocycles. The highest BCUT2D eigenvalue weighted by molar-refractivity contribution is 7.91. The van der Waals surface area contributed by atoms with Gasteiger partial charge in [-0.25, -0.2) is 8.42 Å². The molecule has 2 saturated heterocycles. The molecule has 0 saturated carbocycles. The lowest BCUT2D eigenvalue weighted by molar-refractivity contribution is 0.220. The van der Waals surface area contributed by atoms with E-state index in [0.29, 0.717) is 9.79 Å². The van der Waals surface area contributed by atoms with Gasteiger partial charge in [-0.05, 0) is 100 Å². The molecule has 0 amide bonds. The van der Waals surface area contributed by atoms with Crippen molar-refractivity contribution in [1.82, 2.24) is 10.6 Å². The van der Waals surface area contributed by atoms with Crippen LogP contribution in [-0.2, 0) is 9.84 Å². The minimum atomic E-state index is -3.65. The summed E-state index contributed by atoms with van der Waals surface area (Å²) in [5, 5.41) is 6.58. The first kappa shape index (κ1) is 22.1. The van der Waals surface area contributed by atoms with Gasteiger partial charge in [-0.15, -0.1) is 0 Å². The number of hydrogen-bond donors (Lipinski definition) is 2. The van der Waals surface area contributed by atoms with Crippen molar-refractivity contribution in [2.24, 2.45) is 0 Å². The van der Waals surface area contributed by atoms with Crippen molar-refractivity contribution in [2.75, 3.05) is 26.2 Å². The van der Waals surface area contributed by atoms with Crippen molar-refractivity contribution in [3.8, 4) is 11.5 Å². The van der Waals surface area contributed by atoms with Gasteiger partial charge >= 0.3 is 0 Å². The number of sulfone groups is 1. The zero-order chi connectivity index (χ0) is 22.2. The molecule has 2 unspecified atom stereocenters. The monoisotopic (exact) mass is 444 g/mol. The van der Waals surface area contributed by atoms with Crippen LogP contribution in [0.3, 0.4) is 0 Å². The van der Waals surface area contributed by atoms with Gasteiger partial charge in [-0.3, -0.25) is 0 Å². The summed E-state index contributed by atoms with van der Waals surface area (Å²) in [5.74, 6) is 1.57. The van der Waals surface area contributed by atoms with Crippen LogP contribution >= 0.6 is 0 Å². The van der Waals surface area contributed by atoms with Gasteiger partial charge in [0.05, 0.1) is 9.79 Å². The van der Waals surface area contributed by atoms with E-state index < -0.39 is 9.84 Å². The molecule has 0 aliphatic carbocycles. The van der Waals surface area contributed by atoms with E-state index in [2.05, 4.69) is 10.6 Å². The maximum atomic E-state index is 13.5. The lowest BCUT2D eigenvalue weighted by Gasteiger charge is -2.19. The van der Waals surface area contributed by atoms with Crippen LogP contribution in [0.5, 0.6) is 11.5 Å². The minimum Gasteiger partial charge on any atom is -0.489 e. The van der Waals surface area contributed by atoms with Crippen molar-refractivity contribution in [3.05, 3.63) is 46.5 Å². The fourth-order valence-electron chi connectivity index (χ4n) is 4.43. The van der Waals surface area contributed by atoms with Crippen LogP contribution < -0.4 is 20.1 Å². The molecule has 168 valence electrons. The van der Waals surface area contributed by atoms with E-state index in [4.69, 9.17) is 9.47 Å². The molecule has 2 aliphatic heterocycles. The quantitative estimate of drug-likeness (QED) is 0.712. The van der Waals surface area contributed by atoms with Crippen LogP contribution in [0.4, 0.5) is 0 Å². The van der Waals surface area contributed by atoms with Gasteiger partial charge < -0.3 is 20.1 Å². The summed E-state index contributed by atoms with van der Waals surface area (Å²) >= 11 is 0. The molecule has 2 fully saturated rings. The van der Waals surface area contributed by atoms with Gasteiger partial charge in [-0.2, -0.15) is 0 Å². The van der Waals surface area contributed by atoms with E-state index >= 15 is 0 Å². The number of rotatable bonds is 6. The highest BCUT2D eigenvalue weighted by Crippen LogP contribution is 2.34. The van der Waals surface area contributed by atoms with Crippen LogP contribution in [-0.4, -0.2) is 46.8 Å². The van der Waals surface area contributed by atoms with E-state index in [9.17, 15) is 8.42 Å². The van der Waals surface area contributed by atoms with Gasteiger partial charge in [0.1, 0.15) is 23.7 Å². The Labute approximate surface area is 185 Å². The molecule has 6 nitrogen and oxygen atoms in total. The van der Waals surface area contributed by atoms with Crippen LogP contribution in [0.25, 0.3) is 0 Å². The van der Waals surface area contributed by atoms with E-state index in [0.717, 1.165) is 72.8 Å². The van der Waals surface area contributed by atoms with E-state index in [1.54, 1.807) is 24.3 Å². The number of ether oxygens (including phenoxy) is 2. The molecule has 4 rings (SSSR count). The molecule has 2 heterocycles. The molecular weight excluding hydrogens is 412 g/mol. The second-order valence-electron chi connectivity index (χ2n) is 8.74. The van der Waals surface area contributed by atoms with Crippen LogP contribution in [0.2, 0.25) is 0 Å². The third-order valence-electron chi connectivity index (χ3n) is 6.09. The van der Waals surface area contributed by atoms with Gasteiger partial charge in [0, 0.05) is 13.1 Å². The summed E-state index contributed by atoms with van der Waals surface area (Å²) < 4.78 is 39.2. The SMILES string of the molecule is Cc1cc(S(=O)(=O)c2cc(C)c(OC3CCNC3)c(C)c2)cc(C)c1OC1CCNC1. The summed E-state index contributed by atoms with van der Waals surface area (Å²) in [7, 11) is -3.65. The molecule has 0 spiro atoms. The maximum Gasteiger partial charge on any atom is 0.206 e. The van der Waals surface area contributed by atoms with Crippen LogP contribution in [0.15, 0.2) is 34.1 Å². The second kappa shape index (κ2) is 8.81. The van der Waals surface area contributed by atoms with Crippen LogP contribution in [0, 0.1) is 27.7 Å². The first-order valence-electron chi connectivity index (χ1n) is 11.0. The Kier molecular flexibility index (Phi) is 6.28. The fraction of sp³-hybridized carbons (Fsp3) is 0.500. The van der Waals surface area contributed by atoms with Crippen molar-refractivity contribution >= 4 is 9.84 Å². The number of hydrogen-bond acceptors (Lipinski definition) is 6. The molecule has 2 aliphatic rings. The van der Waals surface area contributed by atoms with Crippen molar-refractivity contribution in [1.29, 1.82) is 0 Å². The maximum absolute atomic E-state index is 13.5. The Bertz CT molecular complexity index is 943. The highest BCUT2D eigenvalue weighted by Gasteiger charge is 2.25. The van der Waals surface area contributed by atoms with E-state index in [1.807, 2.05) is 27.7 Å². The summed E-state index contributed by atoms with van der Waals surface area (Å²) in [5.41, 5.74) is 3.36. The number of aryl methyl sites for hydroxylation is 4. The smallest absolute Gasteiger partial charge is 0.206 e. The first-order chi connectivity index (χ1) is 14.8. The Morgan fingerprint density at radius 1 is 0.710 bits per heavy atom. The largest absolute Gasteiger partial charge is 0.489 e. The topological polar surface area (TPSA) is 76.7 Å². The normalized spacial score (nSPS) is 21.4. The fourth-order valence-corrected chi connectivity index (χ4v) is 6.03. The van der Waals surface area contributed by atoms with Crippen LogP contribution in [0.1, 0.15) is 35.1 Å². The molecule has 7 heteroatoms. The molecule has 2 N–H and O–H groups in total. The van der Waals surface area contributed by atoms with Gasteiger partial charge in [0.15, 0.2) is 0 Å². The van der Waals surface area contributed by atoms with E-state index in [-0.39, 0.29) is 12.2 Å². The molecule has 2 aromatic carbocycles. The number of benzene rings is 2. The summed E-state index contributed by atoms with van der Waals surface area (Å²) in [6.07, 6.45) is 2.19. The molecule has 2 atom stereocenters. The summed E-state index contributed by atoms with van der Waals surface area (Å²) in [6.45, 7) is 11.2. The van der Waals surface area contributed by atoms with Gasteiger partial charge in [-0.1, -0.05) is 0 Å². The zero-order valence-electron chi connectivity index (χ0n) is 18.7. The van der Waals surface area contributed by atoms with Crippen molar-refractivity contribution < 1.29 is 17.9 Å². The standard InChI is InChI=1S/C24H32N2O4S/c1-15-9-21(10-16(2)23(15)29-19-5-7-25-13-19)31(27,28)22-11-17(3)24(18(4)12-22)30-20-6-8-26-14-20/h9-12,19-20,25-26H,5-8,13-14H2,1-4H3. The lowest BCUT2D eigenvalue weighted by Crippen LogP contribution is -2.21. The zero-order valence-corrected chi connectivity index (χ0v) is 19.6. The Balaban J connectivity index is 1.63. The minimum absolute atomic E-state index is 0.132. The molecular formula is C24H32N2O4S. The highest BCUT2D eigenvalue weighted by atomic mass is 32.2. The van der Waals surface area contributed by atoms with Gasteiger partial charge in [0.2, 0.25) is 9.84 Å².